The van der Waals surface area contributed by atoms with Gasteiger partial charge >= 0.3 is 5.97 Å². The number of carbonyl (C=O) groups is 1. The van der Waals surface area contributed by atoms with E-state index < -0.39 is 12.1 Å². The Morgan fingerprint density at radius 1 is 1.10 bits per heavy atom. The molecule has 0 aliphatic carbocycles. The third kappa shape index (κ3) is 4.15. The van der Waals surface area contributed by atoms with Gasteiger partial charge in [-0.25, -0.2) is 4.79 Å². The van der Waals surface area contributed by atoms with Gasteiger partial charge in [0.25, 0.3) is 0 Å². The number of carboxylic acid groups (broad SMARTS) is 1. The molecule has 0 aliphatic heterocycles. The summed E-state index contributed by atoms with van der Waals surface area (Å²) in [4.78, 5) is 11.3. The SMILES string of the molecule is O=C(O)[C@@H](Cc1cccc(Cl)c1)Oc1ccc(Cl)cc1. The van der Waals surface area contributed by atoms with E-state index >= 15 is 0 Å². The van der Waals surface area contributed by atoms with Crippen molar-refractivity contribution < 1.29 is 14.6 Å². The molecule has 0 amide bonds. The highest BCUT2D eigenvalue weighted by Gasteiger charge is 2.20. The van der Waals surface area contributed by atoms with Crippen molar-refractivity contribution in [3.05, 3.63) is 64.1 Å². The van der Waals surface area contributed by atoms with E-state index in [-0.39, 0.29) is 6.42 Å². The van der Waals surface area contributed by atoms with E-state index in [1.165, 1.54) is 0 Å². The standard InChI is InChI=1S/C15H12Cl2O3/c16-11-4-6-13(7-5-11)20-14(15(18)19)9-10-2-1-3-12(17)8-10/h1-8,14H,9H2,(H,18,19)/t14-/m1/s1. The summed E-state index contributed by atoms with van der Waals surface area (Å²) < 4.78 is 5.47. The smallest absolute Gasteiger partial charge is 0.345 e. The summed E-state index contributed by atoms with van der Waals surface area (Å²) in [6.07, 6.45) is -0.743. The van der Waals surface area contributed by atoms with Gasteiger partial charge in [0.05, 0.1) is 0 Å². The molecule has 0 aliphatic rings. The molecule has 0 spiro atoms. The Morgan fingerprint density at radius 2 is 1.80 bits per heavy atom. The highest BCUT2D eigenvalue weighted by molar-refractivity contribution is 6.30. The van der Waals surface area contributed by atoms with Gasteiger partial charge in [-0.15, -0.1) is 0 Å². The molecule has 0 saturated heterocycles. The highest BCUT2D eigenvalue weighted by Crippen LogP contribution is 2.19. The minimum Gasteiger partial charge on any atom is -0.478 e. The lowest BCUT2D eigenvalue weighted by Gasteiger charge is -2.15. The lowest BCUT2D eigenvalue weighted by atomic mass is 10.1. The van der Waals surface area contributed by atoms with Gasteiger partial charge in [-0.05, 0) is 42.0 Å². The largest absolute Gasteiger partial charge is 0.478 e. The Labute approximate surface area is 126 Å². The molecule has 0 aromatic heterocycles. The second-order valence-electron chi connectivity index (χ2n) is 4.23. The van der Waals surface area contributed by atoms with E-state index in [2.05, 4.69) is 0 Å². The molecule has 1 atom stereocenters. The fourth-order valence-corrected chi connectivity index (χ4v) is 2.07. The van der Waals surface area contributed by atoms with Gasteiger partial charge in [-0.2, -0.15) is 0 Å². The maximum absolute atomic E-state index is 11.3. The van der Waals surface area contributed by atoms with Crippen LogP contribution in [0.5, 0.6) is 5.75 Å². The molecule has 0 fully saturated rings. The van der Waals surface area contributed by atoms with Crippen molar-refractivity contribution in [2.45, 2.75) is 12.5 Å². The number of benzene rings is 2. The number of carboxylic acids is 1. The number of hydrogen-bond acceptors (Lipinski definition) is 2. The summed E-state index contributed by atoms with van der Waals surface area (Å²) in [7, 11) is 0. The zero-order valence-electron chi connectivity index (χ0n) is 10.4. The highest BCUT2D eigenvalue weighted by atomic mass is 35.5. The number of halogens is 2. The number of hydrogen-bond donors (Lipinski definition) is 1. The van der Waals surface area contributed by atoms with Crippen LogP contribution in [0.25, 0.3) is 0 Å². The zero-order chi connectivity index (χ0) is 14.5. The summed E-state index contributed by atoms with van der Waals surface area (Å²) in [5, 5.41) is 10.4. The van der Waals surface area contributed by atoms with Crippen molar-refractivity contribution in [1.29, 1.82) is 0 Å². The van der Waals surface area contributed by atoms with Crippen molar-refractivity contribution >= 4 is 29.2 Å². The Morgan fingerprint density at radius 3 is 2.40 bits per heavy atom. The number of rotatable bonds is 5. The molecule has 0 unspecified atom stereocenters. The summed E-state index contributed by atoms with van der Waals surface area (Å²) >= 11 is 11.7. The van der Waals surface area contributed by atoms with Gasteiger partial charge in [0.15, 0.2) is 6.10 Å². The molecular weight excluding hydrogens is 299 g/mol. The first-order valence-electron chi connectivity index (χ1n) is 5.94. The average molecular weight is 311 g/mol. The first kappa shape index (κ1) is 14.7. The van der Waals surface area contributed by atoms with Crippen LogP contribution < -0.4 is 4.74 Å². The van der Waals surface area contributed by atoms with Crippen LogP contribution in [0.1, 0.15) is 5.56 Å². The average Bonchev–Trinajstić information content (AvgIpc) is 2.40. The predicted molar refractivity (Wildman–Crippen MR) is 78.7 cm³/mol. The summed E-state index contributed by atoms with van der Waals surface area (Å²) in [5.74, 6) is -0.566. The number of aliphatic carboxylic acids is 1. The quantitative estimate of drug-likeness (QED) is 0.905. The monoisotopic (exact) mass is 310 g/mol. The first-order valence-corrected chi connectivity index (χ1v) is 6.69. The maximum atomic E-state index is 11.3. The molecule has 2 rings (SSSR count). The minimum absolute atomic E-state index is 0.235. The molecule has 0 radical (unpaired) electrons. The normalized spacial score (nSPS) is 11.9. The minimum atomic E-state index is -1.03. The van der Waals surface area contributed by atoms with Gasteiger partial charge in [0.1, 0.15) is 5.75 Å². The van der Waals surface area contributed by atoms with Crippen molar-refractivity contribution in [3.63, 3.8) is 0 Å². The van der Waals surface area contributed by atoms with Crippen LogP contribution in [-0.4, -0.2) is 17.2 Å². The van der Waals surface area contributed by atoms with Gasteiger partial charge in [-0.1, -0.05) is 35.3 Å². The Balaban J connectivity index is 2.11. The Kier molecular flexibility index (Phi) is 4.88. The fraction of sp³-hybridized carbons (Fsp3) is 0.133. The molecule has 2 aromatic rings. The zero-order valence-corrected chi connectivity index (χ0v) is 11.9. The van der Waals surface area contributed by atoms with E-state index in [1.54, 1.807) is 42.5 Å². The molecule has 20 heavy (non-hydrogen) atoms. The first-order chi connectivity index (χ1) is 9.54. The summed E-state index contributed by atoms with van der Waals surface area (Å²) in [5.41, 5.74) is 0.805. The second-order valence-corrected chi connectivity index (χ2v) is 5.11. The molecule has 5 heteroatoms. The Hall–Kier alpha value is -1.71. The van der Waals surface area contributed by atoms with Gasteiger partial charge in [-0.3, -0.25) is 0 Å². The van der Waals surface area contributed by atoms with Crippen molar-refractivity contribution in [3.8, 4) is 5.75 Å². The molecule has 0 bridgehead atoms. The molecule has 1 N–H and O–H groups in total. The van der Waals surface area contributed by atoms with Crippen LogP contribution in [0.2, 0.25) is 10.0 Å². The van der Waals surface area contributed by atoms with Crippen LogP contribution >= 0.6 is 23.2 Å². The van der Waals surface area contributed by atoms with Gasteiger partial charge in [0.2, 0.25) is 0 Å². The number of ether oxygens (including phenoxy) is 1. The van der Waals surface area contributed by atoms with Crippen molar-refractivity contribution in [1.82, 2.24) is 0 Å². The van der Waals surface area contributed by atoms with E-state index in [1.807, 2.05) is 6.07 Å². The van der Waals surface area contributed by atoms with Crippen molar-refractivity contribution in [2.24, 2.45) is 0 Å². The fourth-order valence-electron chi connectivity index (χ4n) is 1.73. The molecule has 0 heterocycles. The van der Waals surface area contributed by atoms with Crippen LogP contribution in [0, 0.1) is 0 Å². The molecule has 104 valence electrons. The topological polar surface area (TPSA) is 46.5 Å². The van der Waals surface area contributed by atoms with E-state index in [4.69, 9.17) is 27.9 Å². The molecule has 2 aromatic carbocycles. The third-order valence-corrected chi connectivity index (χ3v) is 3.16. The van der Waals surface area contributed by atoms with E-state index in [9.17, 15) is 9.90 Å². The van der Waals surface area contributed by atoms with Gasteiger partial charge < -0.3 is 9.84 Å². The Bertz CT molecular complexity index is 596. The van der Waals surface area contributed by atoms with Gasteiger partial charge in [0, 0.05) is 16.5 Å². The van der Waals surface area contributed by atoms with Crippen LogP contribution in [0.15, 0.2) is 48.5 Å². The summed E-state index contributed by atoms with van der Waals surface area (Å²) in [6, 6.07) is 13.6. The van der Waals surface area contributed by atoms with E-state index in [0.717, 1.165) is 5.56 Å². The van der Waals surface area contributed by atoms with Crippen LogP contribution in [0.4, 0.5) is 0 Å². The van der Waals surface area contributed by atoms with Crippen LogP contribution in [0.3, 0.4) is 0 Å². The molecule has 3 nitrogen and oxygen atoms in total. The lowest BCUT2D eigenvalue weighted by molar-refractivity contribution is -0.145. The summed E-state index contributed by atoms with van der Waals surface area (Å²) in [6.45, 7) is 0. The molecule has 0 saturated carbocycles. The van der Waals surface area contributed by atoms with Crippen LogP contribution in [-0.2, 0) is 11.2 Å². The maximum Gasteiger partial charge on any atom is 0.345 e. The third-order valence-electron chi connectivity index (χ3n) is 2.68. The molecular formula is C15H12Cl2O3. The lowest BCUT2D eigenvalue weighted by Crippen LogP contribution is -2.29. The predicted octanol–water partition coefficient (Wildman–Crippen LogP) is 4.07. The van der Waals surface area contributed by atoms with Crippen molar-refractivity contribution in [2.75, 3.05) is 0 Å². The second kappa shape index (κ2) is 6.64. The van der Waals surface area contributed by atoms with E-state index in [0.29, 0.717) is 15.8 Å².